The van der Waals surface area contributed by atoms with Gasteiger partial charge in [-0.2, -0.15) is 0 Å². The molecule has 0 bridgehead atoms. The monoisotopic (exact) mass is 427 g/mol. The molecular weight excluding hydrogens is 405 g/mol. The van der Waals surface area contributed by atoms with Crippen LogP contribution in [-0.4, -0.2) is 37.5 Å². The summed E-state index contributed by atoms with van der Waals surface area (Å²) >= 11 is 3.37. The molecule has 2 rings (SSSR count). The van der Waals surface area contributed by atoms with Crippen molar-refractivity contribution in [2.45, 2.75) is 25.7 Å². The van der Waals surface area contributed by atoms with Crippen LogP contribution in [0.4, 0.5) is 0 Å². The van der Waals surface area contributed by atoms with Gasteiger partial charge in [0.25, 0.3) is 0 Å². The van der Waals surface area contributed by atoms with Crippen LogP contribution in [0.2, 0.25) is 0 Å². The molecule has 1 heterocycles. The molecule has 104 valence electrons. The standard InChI is InChI=1S/C13H22BrN3.HI/c1-10(14)7-16-13(15-2)17-8-11-5-3-4-6-12(11)9-17;/h11-12H,1,3-9H2,2H3,(H,15,16);1H. The molecule has 0 aromatic carbocycles. The molecule has 1 aliphatic carbocycles. The molecule has 2 fully saturated rings. The summed E-state index contributed by atoms with van der Waals surface area (Å²) in [6.45, 7) is 6.95. The van der Waals surface area contributed by atoms with Gasteiger partial charge in [-0.3, -0.25) is 4.99 Å². The van der Waals surface area contributed by atoms with Crippen molar-refractivity contribution in [2.75, 3.05) is 26.7 Å². The van der Waals surface area contributed by atoms with Gasteiger partial charge >= 0.3 is 0 Å². The maximum Gasteiger partial charge on any atom is 0.193 e. The SMILES string of the molecule is C=C(Br)CNC(=NC)N1CC2CCCCC2C1.I. The Bertz CT molecular complexity index is 305. The Morgan fingerprint density at radius 1 is 1.33 bits per heavy atom. The summed E-state index contributed by atoms with van der Waals surface area (Å²) in [7, 11) is 1.86. The number of likely N-dealkylation sites (tertiary alicyclic amines) is 1. The second-order valence-electron chi connectivity index (χ2n) is 5.13. The zero-order chi connectivity index (χ0) is 12.3. The van der Waals surface area contributed by atoms with Gasteiger partial charge in [-0.25, -0.2) is 0 Å². The van der Waals surface area contributed by atoms with Crippen LogP contribution in [0.5, 0.6) is 0 Å². The van der Waals surface area contributed by atoms with E-state index in [0.29, 0.717) is 0 Å². The van der Waals surface area contributed by atoms with E-state index >= 15 is 0 Å². The second kappa shape index (κ2) is 7.72. The van der Waals surface area contributed by atoms with E-state index in [1.54, 1.807) is 0 Å². The van der Waals surface area contributed by atoms with Gasteiger partial charge in [0.05, 0.1) is 0 Å². The van der Waals surface area contributed by atoms with Crippen molar-refractivity contribution in [1.29, 1.82) is 0 Å². The summed E-state index contributed by atoms with van der Waals surface area (Å²) in [5.41, 5.74) is 0. The van der Waals surface area contributed by atoms with E-state index in [-0.39, 0.29) is 24.0 Å². The Morgan fingerprint density at radius 3 is 2.33 bits per heavy atom. The number of rotatable bonds is 2. The van der Waals surface area contributed by atoms with Gasteiger partial charge in [0.1, 0.15) is 0 Å². The minimum Gasteiger partial charge on any atom is -0.352 e. The fraction of sp³-hybridized carbons (Fsp3) is 0.769. The number of fused-ring (bicyclic) bond motifs is 1. The Morgan fingerprint density at radius 2 is 1.89 bits per heavy atom. The Balaban J connectivity index is 0.00000162. The van der Waals surface area contributed by atoms with Gasteiger partial charge < -0.3 is 10.2 Å². The first-order chi connectivity index (χ1) is 8.20. The molecule has 1 aliphatic heterocycles. The maximum absolute atomic E-state index is 4.37. The van der Waals surface area contributed by atoms with Crippen LogP contribution in [-0.2, 0) is 0 Å². The van der Waals surface area contributed by atoms with Crippen LogP contribution in [0.1, 0.15) is 25.7 Å². The first-order valence-electron chi connectivity index (χ1n) is 6.49. The molecule has 1 N–H and O–H groups in total. The van der Waals surface area contributed by atoms with Gasteiger partial charge in [0.15, 0.2) is 5.96 Å². The molecule has 2 atom stereocenters. The van der Waals surface area contributed by atoms with Gasteiger partial charge in [-0.05, 0) is 24.7 Å². The third kappa shape index (κ3) is 4.11. The predicted octanol–water partition coefficient (Wildman–Crippen LogP) is 3.21. The molecule has 0 aromatic heterocycles. The lowest BCUT2D eigenvalue weighted by atomic mass is 9.82. The van der Waals surface area contributed by atoms with E-state index in [2.05, 4.69) is 37.7 Å². The fourth-order valence-corrected chi connectivity index (χ4v) is 3.23. The Kier molecular flexibility index (Phi) is 6.98. The highest BCUT2D eigenvalue weighted by Gasteiger charge is 2.35. The van der Waals surface area contributed by atoms with Gasteiger partial charge in [0, 0.05) is 31.2 Å². The average molecular weight is 428 g/mol. The first-order valence-corrected chi connectivity index (χ1v) is 7.29. The molecule has 2 aliphatic rings. The summed E-state index contributed by atoms with van der Waals surface area (Å²) in [4.78, 5) is 6.78. The van der Waals surface area contributed by atoms with E-state index < -0.39 is 0 Å². The number of hydrogen-bond acceptors (Lipinski definition) is 1. The smallest absolute Gasteiger partial charge is 0.193 e. The van der Waals surface area contributed by atoms with Crippen LogP contribution in [0, 0.1) is 11.8 Å². The zero-order valence-corrected chi connectivity index (χ0v) is 14.9. The zero-order valence-electron chi connectivity index (χ0n) is 11.0. The highest BCUT2D eigenvalue weighted by molar-refractivity contribution is 14.0. The fourth-order valence-electron chi connectivity index (χ4n) is 3.09. The van der Waals surface area contributed by atoms with Crippen molar-refractivity contribution in [1.82, 2.24) is 10.2 Å². The predicted molar refractivity (Wildman–Crippen MR) is 91.9 cm³/mol. The lowest BCUT2D eigenvalue weighted by Crippen LogP contribution is -2.40. The summed E-state index contributed by atoms with van der Waals surface area (Å²) in [5, 5.41) is 3.35. The third-order valence-corrected chi connectivity index (χ3v) is 4.21. The normalized spacial score (nSPS) is 27.4. The number of nitrogens with one attached hydrogen (secondary N) is 1. The highest BCUT2D eigenvalue weighted by atomic mass is 127. The molecule has 1 saturated heterocycles. The quantitative estimate of drug-likeness (QED) is 0.416. The Hall–Kier alpha value is 0.220. The van der Waals surface area contributed by atoms with E-state index in [9.17, 15) is 0 Å². The third-order valence-electron chi connectivity index (χ3n) is 3.93. The number of guanidine groups is 1. The molecule has 5 heteroatoms. The van der Waals surface area contributed by atoms with Gasteiger partial charge in [-0.1, -0.05) is 35.4 Å². The Labute approximate surface area is 136 Å². The molecule has 0 spiro atoms. The van der Waals surface area contributed by atoms with Crippen LogP contribution < -0.4 is 5.32 Å². The van der Waals surface area contributed by atoms with Gasteiger partial charge in [0.2, 0.25) is 0 Å². The van der Waals surface area contributed by atoms with Crippen LogP contribution in [0.25, 0.3) is 0 Å². The van der Waals surface area contributed by atoms with E-state index in [1.165, 1.54) is 38.8 Å². The largest absolute Gasteiger partial charge is 0.352 e. The number of hydrogen-bond donors (Lipinski definition) is 1. The van der Waals surface area contributed by atoms with Crippen LogP contribution in [0.3, 0.4) is 0 Å². The second-order valence-corrected chi connectivity index (χ2v) is 6.25. The van der Waals surface area contributed by atoms with Crippen molar-refractivity contribution in [2.24, 2.45) is 16.8 Å². The highest BCUT2D eigenvalue weighted by Crippen LogP contribution is 2.35. The first kappa shape index (κ1) is 16.3. The van der Waals surface area contributed by atoms with E-state index in [4.69, 9.17) is 0 Å². The number of halogens is 2. The van der Waals surface area contributed by atoms with Crippen LogP contribution in [0.15, 0.2) is 16.1 Å². The lowest BCUT2D eigenvalue weighted by Gasteiger charge is -2.22. The van der Waals surface area contributed by atoms with E-state index in [1.807, 2.05) is 7.05 Å². The van der Waals surface area contributed by atoms with Crippen molar-refractivity contribution in [3.63, 3.8) is 0 Å². The van der Waals surface area contributed by atoms with Crippen molar-refractivity contribution in [3.8, 4) is 0 Å². The minimum atomic E-state index is 0. The molecule has 0 amide bonds. The average Bonchev–Trinajstić information content (AvgIpc) is 2.72. The lowest BCUT2D eigenvalue weighted by molar-refractivity contribution is 0.299. The summed E-state index contributed by atoms with van der Waals surface area (Å²) in [6, 6.07) is 0. The molecule has 0 aromatic rings. The van der Waals surface area contributed by atoms with Crippen molar-refractivity contribution in [3.05, 3.63) is 11.1 Å². The van der Waals surface area contributed by atoms with E-state index in [0.717, 1.165) is 28.8 Å². The summed E-state index contributed by atoms with van der Waals surface area (Å²) in [5.74, 6) is 2.82. The maximum atomic E-state index is 4.37. The topological polar surface area (TPSA) is 27.6 Å². The molecule has 2 unspecified atom stereocenters. The van der Waals surface area contributed by atoms with Crippen molar-refractivity contribution < 1.29 is 0 Å². The molecule has 3 nitrogen and oxygen atoms in total. The summed E-state index contributed by atoms with van der Waals surface area (Å²) in [6.07, 6.45) is 5.64. The minimum absolute atomic E-state index is 0. The molecule has 0 radical (unpaired) electrons. The number of aliphatic imine (C=N–C) groups is 1. The summed E-state index contributed by atoms with van der Waals surface area (Å²) < 4.78 is 0.968. The van der Waals surface area contributed by atoms with Crippen molar-refractivity contribution >= 4 is 45.9 Å². The molecular formula is C13H23BrIN3. The molecule has 18 heavy (non-hydrogen) atoms. The number of nitrogens with zero attached hydrogens (tertiary/aromatic N) is 2. The molecule has 1 saturated carbocycles. The van der Waals surface area contributed by atoms with Gasteiger partial charge in [-0.15, -0.1) is 24.0 Å². The van der Waals surface area contributed by atoms with Crippen LogP contribution >= 0.6 is 39.9 Å².